The van der Waals surface area contributed by atoms with Crippen molar-refractivity contribution in [2.45, 2.75) is 19.6 Å². The van der Waals surface area contributed by atoms with Crippen molar-refractivity contribution in [1.29, 1.82) is 0 Å². The summed E-state index contributed by atoms with van der Waals surface area (Å²) in [6.07, 6.45) is -4.84. The maximum atomic E-state index is 13.9. The fourth-order valence-corrected chi connectivity index (χ4v) is 3.71. The molecule has 0 aliphatic rings. The minimum absolute atomic E-state index is 0.0151. The van der Waals surface area contributed by atoms with Gasteiger partial charge in [0.25, 0.3) is 11.8 Å². The maximum absolute atomic E-state index is 13.9. The summed E-state index contributed by atoms with van der Waals surface area (Å²) in [5.74, 6) is -1.25. The number of halogens is 3. The minimum Gasteiger partial charge on any atom is -0.496 e. The molecule has 0 aliphatic carbocycles. The van der Waals surface area contributed by atoms with Gasteiger partial charge >= 0.3 is 6.18 Å². The van der Waals surface area contributed by atoms with E-state index in [0.29, 0.717) is 22.2 Å². The Hall–Kier alpha value is -4.41. The molecule has 4 aromatic rings. The van der Waals surface area contributed by atoms with E-state index in [1.807, 2.05) is 0 Å². The number of nitrogens with two attached hydrogens (primary N) is 1. The zero-order chi connectivity index (χ0) is 25.3. The summed E-state index contributed by atoms with van der Waals surface area (Å²) < 4.78 is 48.1. The fourth-order valence-electron chi connectivity index (χ4n) is 3.71. The van der Waals surface area contributed by atoms with E-state index in [0.717, 1.165) is 10.7 Å². The molecule has 0 radical (unpaired) electrons. The van der Waals surface area contributed by atoms with Crippen LogP contribution in [0.15, 0.2) is 54.6 Å². The van der Waals surface area contributed by atoms with Crippen LogP contribution in [0, 0.1) is 6.92 Å². The predicted octanol–water partition coefficient (Wildman–Crippen LogP) is 4.17. The molecule has 35 heavy (non-hydrogen) atoms. The fraction of sp³-hybridized carbons (Fsp3) is 0.167. The van der Waals surface area contributed by atoms with E-state index in [1.54, 1.807) is 48.5 Å². The third kappa shape index (κ3) is 4.65. The largest absolute Gasteiger partial charge is 0.496 e. The van der Waals surface area contributed by atoms with Gasteiger partial charge in [-0.15, -0.1) is 0 Å². The standard InChI is InChI=1S/C24H20F3N5O3/c1-13-20(21(24(25,26)27)31-32(13)12-14-7-3-6-10-19(14)35-2)30-23(34)16-11-18(22(28)33)29-17-9-5-4-8-15(16)17/h3-11H,12H2,1-2H3,(H2,28,33)(H,30,34). The number of benzene rings is 2. The minimum atomic E-state index is -4.84. The Bertz CT molecular complexity index is 1450. The molecular weight excluding hydrogens is 463 g/mol. The molecule has 0 aliphatic heterocycles. The average molecular weight is 483 g/mol. The summed E-state index contributed by atoms with van der Waals surface area (Å²) in [5.41, 5.74) is 4.36. The first-order chi connectivity index (χ1) is 16.6. The van der Waals surface area contributed by atoms with Gasteiger partial charge in [0, 0.05) is 10.9 Å². The van der Waals surface area contributed by atoms with Crippen molar-refractivity contribution in [3.8, 4) is 5.75 Å². The molecular formula is C24H20F3N5O3. The Labute approximate surface area is 197 Å². The molecule has 0 fully saturated rings. The molecule has 2 heterocycles. The van der Waals surface area contributed by atoms with Crippen LogP contribution in [0.4, 0.5) is 18.9 Å². The number of para-hydroxylation sites is 2. The number of methoxy groups -OCH3 is 1. The van der Waals surface area contributed by atoms with Crippen LogP contribution in [0.1, 0.15) is 37.8 Å². The molecule has 0 saturated carbocycles. The van der Waals surface area contributed by atoms with Gasteiger partial charge in [0.1, 0.15) is 11.4 Å². The topological polar surface area (TPSA) is 112 Å². The second-order valence-corrected chi connectivity index (χ2v) is 7.67. The SMILES string of the molecule is COc1ccccc1Cn1nc(C(F)(F)F)c(NC(=O)c2cc(C(N)=O)nc3ccccc23)c1C. The smallest absolute Gasteiger partial charge is 0.437 e. The molecule has 0 atom stereocenters. The molecule has 180 valence electrons. The molecule has 0 saturated heterocycles. The van der Waals surface area contributed by atoms with Crippen LogP contribution >= 0.6 is 0 Å². The van der Waals surface area contributed by atoms with Crippen molar-refractivity contribution >= 4 is 28.4 Å². The van der Waals surface area contributed by atoms with Crippen LogP contribution in [0.3, 0.4) is 0 Å². The van der Waals surface area contributed by atoms with E-state index < -0.39 is 29.4 Å². The normalized spacial score (nSPS) is 11.5. The first kappa shape index (κ1) is 23.7. The highest BCUT2D eigenvalue weighted by Crippen LogP contribution is 2.37. The number of anilines is 1. The van der Waals surface area contributed by atoms with Crippen molar-refractivity contribution in [2.75, 3.05) is 12.4 Å². The number of rotatable bonds is 6. The van der Waals surface area contributed by atoms with Crippen molar-refractivity contribution in [1.82, 2.24) is 14.8 Å². The van der Waals surface area contributed by atoms with Crippen molar-refractivity contribution in [2.24, 2.45) is 5.73 Å². The lowest BCUT2D eigenvalue weighted by Crippen LogP contribution is -2.19. The lowest BCUT2D eigenvalue weighted by Gasteiger charge is -2.12. The van der Waals surface area contributed by atoms with Crippen molar-refractivity contribution in [3.05, 3.63) is 82.8 Å². The summed E-state index contributed by atoms with van der Waals surface area (Å²) in [6, 6.07) is 14.5. The summed E-state index contributed by atoms with van der Waals surface area (Å²) >= 11 is 0. The monoisotopic (exact) mass is 483 g/mol. The van der Waals surface area contributed by atoms with E-state index in [4.69, 9.17) is 10.5 Å². The predicted molar refractivity (Wildman–Crippen MR) is 122 cm³/mol. The third-order valence-electron chi connectivity index (χ3n) is 5.44. The van der Waals surface area contributed by atoms with E-state index in [9.17, 15) is 22.8 Å². The second-order valence-electron chi connectivity index (χ2n) is 7.67. The second kappa shape index (κ2) is 9.09. The summed E-state index contributed by atoms with van der Waals surface area (Å²) in [5, 5.41) is 6.43. The lowest BCUT2D eigenvalue weighted by molar-refractivity contribution is -0.140. The van der Waals surface area contributed by atoms with Gasteiger partial charge in [0.05, 0.1) is 36.1 Å². The number of nitrogens with one attached hydrogen (secondary N) is 1. The Morgan fingerprint density at radius 2 is 1.80 bits per heavy atom. The molecule has 2 aromatic carbocycles. The van der Waals surface area contributed by atoms with Crippen LogP contribution in [0.25, 0.3) is 10.9 Å². The number of alkyl halides is 3. The first-order valence-corrected chi connectivity index (χ1v) is 10.4. The van der Waals surface area contributed by atoms with Gasteiger partial charge in [-0.25, -0.2) is 4.98 Å². The molecule has 2 aromatic heterocycles. The number of hydrogen-bond donors (Lipinski definition) is 2. The Morgan fingerprint density at radius 1 is 1.11 bits per heavy atom. The van der Waals surface area contributed by atoms with E-state index in [2.05, 4.69) is 15.4 Å². The molecule has 4 rings (SSSR count). The van der Waals surface area contributed by atoms with Crippen molar-refractivity contribution in [3.63, 3.8) is 0 Å². The average Bonchev–Trinajstić information content (AvgIpc) is 3.14. The Balaban J connectivity index is 1.78. The number of pyridine rings is 1. The number of hydrogen-bond acceptors (Lipinski definition) is 5. The zero-order valence-corrected chi connectivity index (χ0v) is 18.7. The van der Waals surface area contributed by atoms with E-state index in [1.165, 1.54) is 14.0 Å². The highest BCUT2D eigenvalue weighted by atomic mass is 19.4. The zero-order valence-electron chi connectivity index (χ0n) is 18.7. The first-order valence-electron chi connectivity index (χ1n) is 10.4. The number of amides is 2. The number of aromatic nitrogens is 3. The summed E-state index contributed by atoms with van der Waals surface area (Å²) in [7, 11) is 1.46. The number of fused-ring (bicyclic) bond motifs is 1. The lowest BCUT2D eigenvalue weighted by atomic mass is 10.1. The van der Waals surface area contributed by atoms with Gasteiger partial charge in [-0.1, -0.05) is 36.4 Å². The van der Waals surface area contributed by atoms with Gasteiger partial charge in [-0.05, 0) is 25.1 Å². The summed E-state index contributed by atoms with van der Waals surface area (Å²) in [6.45, 7) is 1.41. The molecule has 11 heteroatoms. The number of carbonyl (C=O) groups is 2. The number of carbonyl (C=O) groups excluding carboxylic acids is 2. The van der Waals surface area contributed by atoms with Crippen LogP contribution in [-0.2, 0) is 12.7 Å². The van der Waals surface area contributed by atoms with Gasteiger partial charge in [-0.3, -0.25) is 14.3 Å². The number of primary amides is 1. The van der Waals surface area contributed by atoms with Gasteiger partial charge in [0.2, 0.25) is 0 Å². The van der Waals surface area contributed by atoms with Crippen LogP contribution < -0.4 is 15.8 Å². The Morgan fingerprint density at radius 3 is 2.49 bits per heavy atom. The summed E-state index contributed by atoms with van der Waals surface area (Å²) in [4.78, 5) is 29.0. The molecule has 0 spiro atoms. The van der Waals surface area contributed by atoms with Gasteiger partial charge in [0.15, 0.2) is 5.69 Å². The van der Waals surface area contributed by atoms with Crippen LogP contribution in [0.2, 0.25) is 0 Å². The molecule has 8 nitrogen and oxygen atoms in total. The van der Waals surface area contributed by atoms with Crippen LogP contribution in [0.5, 0.6) is 5.75 Å². The maximum Gasteiger partial charge on any atom is 0.437 e. The Kier molecular flexibility index (Phi) is 6.16. The number of ether oxygens (including phenoxy) is 1. The highest BCUT2D eigenvalue weighted by Gasteiger charge is 2.39. The quantitative estimate of drug-likeness (QED) is 0.428. The van der Waals surface area contributed by atoms with Crippen LogP contribution in [-0.4, -0.2) is 33.7 Å². The van der Waals surface area contributed by atoms with Gasteiger partial charge in [-0.2, -0.15) is 18.3 Å². The molecule has 0 bridgehead atoms. The van der Waals surface area contributed by atoms with Gasteiger partial charge < -0.3 is 15.8 Å². The van der Waals surface area contributed by atoms with Crippen molar-refractivity contribution < 1.29 is 27.5 Å². The molecule has 2 amide bonds. The van der Waals surface area contributed by atoms with E-state index >= 15 is 0 Å². The molecule has 0 unspecified atom stereocenters. The third-order valence-corrected chi connectivity index (χ3v) is 5.44. The molecule has 3 N–H and O–H groups in total. The van der Waals surface area contributed by atoms with E-state index in [-0.39, 0.29) is 23.5 Å². The highest BCUT2D eigenvalue weighted by molar-refractivity contribution is 6.14. The number of nitrogens with zero attached hydrogens (tertiary/aromatic N) is 3.